The molecule has 2 atom stereocenters. The number of alkyl halides is 3. The van der Waals surface area contributed by atoms with Crippen molar-refractivity contribution < 1.29 is 37.0 Å². The highest BCUT2D eigenvalue weighted by Crippen LogP contribution is 2.36. The number of carbonyl (C=O) groups is 1. The average Bonchev–Trinajstić information content (AvgIpc) is 3.33. The van der Waals surface area contributed by atoms with Gasteiger partial charge < -0.3 is 19.0 Å². The number of nitrogens with zero attached hydrogens (tertiary/aromatic N) is 2. The summed E-state index contributed by atoms with van der Waals surface area (Å²) in [6.07, 6.45) is 3.53. The summed E-state index contributed by atoms with van der Waals surface area (Å²) in [4.78, 5) is 15.6. The summed E-state index contributed by atoms with van der Waals surface area (Å²) in [6.45, 7) is 3.64. The van der Waals surface area contributed by atoms with E-state index < -0.39 is 12.1 Å². The van der Waals surface area contributed by atoms with Crippen LogP contribution in [0.1, 0.15) is 24.8 Å². The van der Waals surface area contributed by atoms with Crippen LogP contribution in [0.25, 0.3) is 0 Å². The van der Waals surface area contributed by atoms with Gasteiger partial charge in [0, 0.05) is 37.3 Å². The van der Waals surface area contributed by atoms with Crippen LogP contribution in [0.4, 0.5) is 13.2 Å². The van der Waals surface area contributed by atoms with Crippen molar-refractivity contribution in [2.45, 2.75) is 43.7 Å². The van der Waals surface area contributed by atoms with E-state index in [4.69, 9.17) is 23.8 Å². The van der Waals surface area contributed by atoms with Crippen LogP contribution in [0, 0.1) is 0 Å². The maximum Gasteiger partial charge on any atom is 0.490 e. The third-order valence-electron chi connectivity index (χ3n) is 4.95. The van der Waals surface area contributed by atoms with E-state index in [-0.39, 0.29) is 11.7 Å². The molecule has 0 amide bonds. The van der Waals surface area contributed by atoms with Gasteiger partial charge in [0.2, 0.25) is 5.88 Å². The van der Waals surface area contributed by atoms with Gasteiger partial charge in [-0.2, -0.15) is 13.2 Å². The van der Waals surface area contributed by atoms with Crippen LogP contribution in [0.5, 0.6) is 5.88 Å². The van der Waals surface area contributed by atoms with Gasteiger partial charge in [-0.3, -0.25) is 4.90 Å². The summed E-state index contributed by atoms with van der Waals surface area (Å²) in [5, 5.41) is 7.12. The number of hydrogen-bond donors (Lipinski definition) is 1. The molecule has 0 unspecified atom stereocenters. The number of aromatic nitrogens is 1. The lowest BCUT2D eigenvalue weighted by Crippen LogP contribution is -2.47. The van der Waals surface area contributed by atoms with Gasteiger partial charge in [-0.05, 0) is 31.5 Å². The second-order valence-electron chi connectivity index (χ2n) is 7.35. The first-order chi connectivity index (χ1) is 14.3. The molecule has 0 saturated carbocycles. The summed E-state index contributed by atoms with van der Waals surface area (Å²) in [5.74, 6) is -2.07. The number of halogens is 3. The van der Waals surface area contributed by atoms with E-state index in [1.807, 2.05) is 30.5 Å². The van der Waals surface area contributed by atoms with Gasteiger partial charge >= 0.3 is 12.1 Å². The number of rotatable bonds is 4. The highest BCUT2D eigenvalue weighted by Gasteiger charge is 2.44. The number of pyridine rings is 1. The van der Waals surface area contributed by atoms with Gasteiger partial charge in [-0.1, -0.05) is 6.07 Å². The van der Waals surface area contributed by atoms with E-state index in [9.17, 15) is 13.2 Å². The normalized spacial score (nSPS) is 24.3. The second kappa shape index (κ2) is 9.48. The third-order valence-corrected chi connectivity index (χ3v) is 4.95. The van der Waals surface area contributed by atoms with Crippen molar-refractivity contribution >= 4 is 5.97 Å². The summed E-state index contributed by atoms with van der Waals surface area (Å²) in [5.41, 5.74) is 1.16. The van der Waals surface area contributed by atoms with Gasteiger partial charge in [0.25, 0.3) is 0 Å². The summed E-state index contributed by atoms with van der Waals surface area (Å²) in [6, 6.07) is 7.77. The predicted octanol–water partition coefficient (Wildman–Crippen LogP) is 3.51. The minimum atomic E-state index is -5.08. The van der Waals surface area contributed by atoms with Crippen molar-refractivity contribution in [3.63, 3.8) is 0 Å². The third kappa shape index (κ3) is 6.20. The lowest BCUT2D eigenvalue weighted by molar-refractivity contribution is -0.192. The standard InChI is InChI=1S/C18H22N2O3.C2HF3O2/c1-2-7-19-17(4-1)23-16-10-18(22-13-16)6-3-8-20(14-18)11-15-5-9-21-12-15;3-2(4,5)1(6)7/h1-2,4-5,7,9,12,16H,3,6,8,10-11,13-14H2;(H,6,7)/t16-,18+;/m1./s1. The zero-order chi connectivity index (χ0) is 21.6. The fourth-order valence-corrected chi connectivity index (χ4v) is 3.72. The molecule has 0 bridgehead atoms. The number of aliphatic carboxylic acids is 1. The fraction of sp³-hybridized carbons (Fsp3) is 0.500. The predicted molar refractivity (Wildman–Crippen MR) is 98.9 cm³/mol. The Morgan fingerprint density at radius 3 is 2.80 bits per heavy atom. The number of furan rings is 1. The van der Waals surface area contributed by atoms with Gasteiger partial charge in [0.05, 0.1) is 24.7 Å². The first-order valence-corrected chi connectivity index (χ1v) is 9.51. The highest BCUT2D eigenvalue weighted by molar-refractivity contribution is 5.73. The van der Waals surface area contributed by atoms with E-state index in [1.54, 1.807) is 12.5 Å². The molecule has 0 aliphatic carbocycles. The Kier molecular flexibility index (Phi) is 6.99. The number of ether oxygens (including phenoxy) is 2. The van der Waals surface area contributed by atoms with Crippen LogP contribution in [0.15, 0.2) is 47.4 Å². The van der Waals surface area contributed by atoms with E-state index in [1.165, 1.54) is 5.56 Å². The molecular formula is C20H23F3N2O5. The van der Waals surface area contributed by atoms with Crippen LogP contribution in [0.2, 0.25) is 0 Å². The maximum absolute atomic E-state index is 10.6. The molecule has 2 aromatic heterocycles. The van der Waals surface area contributed by atoms with Crippen LogP contribution in [-0.2, 0) is 16.1 Å². The maximum atomic E-state index is 10.6. The minimum Gasteiger partial charge on any atom is -0.475 e. The van der Waals surface area contributed by atoms with E-state index in [0.29, 0.717) is 12.5 Å². The largest absolute Gasteiger partial charge is 0.490 e. The van der Waals surface area contributed by atoms with Crippen LogP contribution in [0.3, 0.4) is 0 Å². The molecule has 1 N–H and O–H groups in total. The lowest BCUT2D eigenvalue weighted by atomic mass is 9.89. The molecule has 0 radical (unpaired) electrons. The Morgan fingerprint density at radius 2 is 2.17 bits per heavy atom. The minimum absolute atomic E-state index is 0.0680. The number of hydrogen-bond acceptors (Lipinski definition) is 6. The Labute approximate surface area is 171 Å². The molecular weight excluding hydrogens is 405 g/mol. The SMILES string of the molecule is O=C(O)C(F)(F)F.c1ccc(O[C@H]2CO[C@@]3(CCCN(Cc4ccoc4)C3)C2)nc1. The molecule has 2 aliphatic rings. The Bertz CT molecular complexity index is 801. The van der Waals surface area contributed by atoms with Gasteiger partial charge in [-0.15, -0.1) is 0 Å². The van der Waals surface area contributed by atoms with Crippen LogP contribution >= 0.6 is 0 Å². The monoisotopic (exact) mass is 428 g/mol. The molecule has 7 nitrogen and oxygen atoms in total. The Hall–Kier alpha value is -2.59. The molecule has 30 heavy (non-hydrogen) atoms. The topological polar surface area (TPSA) is 85.0 Å². The van der Waals surface area contributed by atoms with Crippen molar-refractivity contribution in [2.24, 2.45) is 0 Å². The molecule has 4 heterocycles. The zero-order valence-corrected chi connectivity index (χ0v) is 16.2. The summed E-state index contributed by atoms with van der Waals surface area (Å²) < 4.78 is 49.1. The molecule has 2 aliphatic heterocycles. The summed E-state index contributed by atoms with van der Waals surface area (Å²) >= 11 is 0. The molecule has 4 rings (SSSR count). The molecule has 164 valence electrons. The fourth-order valence-electron chi connectivity index (χ4n) is 3.72. The smallest absolute Gasteiger partial charge is 0.475 e. The van der Waals surface area contributed by atoms with Crippen molar-refractivity contribution in [3.8, 4) is 5.88 Å². The van der Waals surface area contributed by atoms with Crippen molar-refractivity contribution in [3.05, 3.63) is 48.6 Å². The van der Waals surface area contributed by atoms with Gasteiger partial charge in [-0.25, -0.2) is 9.78 Å². The number of piperidine rings is 1. The second-order valence-corrected chi connectivity index (χ2v) is 7.35. The molecule has 10 heteroatoms. The van der Waals surface area contributed by atoms with Crippen LogP contribution < -0.4 is 4.74 Å². The number of carboxylic acid groups (broad SMARTS) is 1. The van der Waals surface area contributed by atoms with Crippen molar-refractivity contribution in [1.29, 1.82) is 0 Å². The van der Waals surface area contributed by atoms with E-state index in [2.05, 4.69) is 9.88 Å². The quantitative estimate of drug-likeness (QED) is 0.798. The number of likely N-dealkylation sites (tertiary alicyclic amines) is 1. The van der Waals surface area contributed by atoms with E-state index in [0.717, 1.165) is 38.9 Å². The zero-order valence-electron chi connectivity index (χ0n) is 16.2. The highest BCUT2D eigenvalue weighted by atomic mass is 19.4. The molecule has 2 aromatic rings. The van der Waals surface area contributed by atoms with E-state index >= 15 is 0 Å². The number of carboxylic acids is 1. The molecule has 2 saturated heterocycles. The Morgan fingerprint density at radius 1 is 1.37 bits per heavy atom. The first-order valence-electron chi connectivity index (χ1n) is 9.51. The van der Waals surface area contributed by atoms with Crippen molar-refractivity contribution in [2.75, 3.05) is 19.7 Å². The van der Waals surface area contributed by atoms with Crippen LogP contribution in [-0.4, -0.2) is 58.5 Å². The Balaban J connectivity index is 0.000000318. The van der Waals surface area contributed by atoms with Crippen molar-refractivity contribution in [1.82, 2.24) is 9.88 Å². The summed E-state index contributed by atoms with van der Waals surface area (Å²) in [7, 11) is 0. The average molecular weight is 428 g/mol. The van der Waals surface area contributed by atoms with Gasteiger partial charge in [0.1, 0.15) is 6.10 Å². The molecule has 2 fully saturated rings. The molecule has 1 spiro atoms. The molecule has 0 aromatic carbocycles. The first kappa shape index (κ1) is 22.1. The van der Waals surface area contributed by atoms with Gasteiger partial charge in [0.15, 0.2) is 0 Å². The lowest BCUT2D eigenvalue weighted by Gasteiger charge is -2.39.